The van der Waals surface area contributed by atoms with Crippen molar-refractivity contribution in [1.82, 2.24) is 0 Å². The minimum Gasteiger partial charge on any atom is 0 e. The molecule has 0 rings (SSSR count). The van der Waals surface area contributed by atoms with Gasteiger partial charge in [-0.15, -0.1) is 0 Å². The fraction of sp³-hybridized carbons (Fsp3) is 0. The van der Waals surface area contributed by atoms with Gasteiger partial charge in [-0.2, -0.15) is 0 Å². The average Bonchev–Trinajstić information content (AvgIpc) is 0. The molecule has 0 aromatic carbocycles. The van der Waals surface area contributed by atoms with Gasteiger partial charge < -0.3 is 0 Å². The Bertz CT molecular complexity index is 0. The minimum absolute atomic E-state index is 0. The van der Waals surface area contributed by atoms with E-state index in [9.17, 15) is 0 Å². The van der Waals surface area contributed by atoms with Crippen molar-refractivity contribution in [1.29, 1.82) is 0 Å². The van der Waals surface area contributed by atoms with Crippen molar-refractivity contribution < 1.29 is 112 Å². The van der Waals surface area contributed by atoms with Crippen molar-refractivity contribution in [3.05, 3.63) is 0 Å². The Balaban J connectivity index is 0. The summed E-state index contributed by atoms with van der Waals surface area (Å²) in [5.74, 6) is 0. The summed E-state index contributed by atoms with van der Waals surface area (Å²) in [4.78, 5) is 0. The van der Waals surface area contributed by atoms with E-state index < -0.39 is 0 Å². The summed E-state index contributed by atoms with van der Waals surface area (Å²) >= 11 is 0. The smallest absolute Gasteiger partial charge is 0 e. The molecular weight excluding hydrogens is 465 g/mol. The molecular formula is Nb5. The standard InChI is InChI=1S/5Nb. The van der Waals surface area contributed by atoms with Gasteiger partial charge in [-0.05, 0) is 0 Å². The molecule has 0 aliphatic rings. The van der Waals surface area contributed by atoms with Gasteiger partial charge in [0.15, 0.2) is 0 Å². The van der Waals surface area contributed by atoms with Crippen LogP contribution in [-0.4, -0.2) is 0 Å². The van der Waals surface area contributed by atoms with Crippen LogP contribution in [0, 0.1) is 0 Å². The second-order valence-electron chi connectivity index (χ2n) is 0. The van der Waals surface area contributed by atoms with E-state index in [1.165, 1.54) is 0 Å². The molecule has 0 N–H and O–H groups in total. The molecule has 0 bridgehead atoms. The Morgan fingerprint density at radius 3 is 0.200 bits per heavy atom. The van der Waals surface area contributed by atoms with Crippen LogP contribution in [0.3, 0.4) is 0 Å². The first-order chi connectivity index (χ1) is 0. The number of hydrogen-bond acceptors (Lipinski definition) is 0. The van der Waals surface area contributed by atoms with Gasteiger partial charge in [0.05, 0.1) is 0 Å². The molecule has 0 spiro atoms. The summed E-state index contributed by atoms with van der Waals surface area (Å²) in [6, 6.07) is 0. The van der Waals surface area contributed by atoms with Crippen molar-refractivity contribution >= 4 is 0 Å². The molecule has 5 heteroatoms. The largest absolute Gasteiger partial charge is 0 e. The summed E-state index contributed by atoms with van der Waals surface area (Å²) in [6.07, 6.45) is 0. The second-order valence-corrected chi connectivity index (χ2v) is 0. The summed E-state index contributed by atoms with van der Waals surface area (Å²) in [6.45, 7) is 0. The van der Waals surface area contributed by atoms with E-state index in [0.717, 1.165) is 0 Å². The van der Waals surface area contributed by atoms with Crippen LogP contribution in [0.5, 0.6) is 0 Å². The first kappa shape index (κ1) is 37.7. The molecule has 0 unspecified atom stereocenters. The molecule has 0 aliphatic heterocycles. The van der Waals surface area contributed by atoms with Gasteiger partial charge in [0.25, 0.3) is 0 Å². The third kappa shape index (κ3) is 18.3. The van der Waals surface area contributed by atoms with Gasteiger partial charge in [-0.25, -0.2) is 0 Å². The van der Waals surface area contributed by atoms with Crippen LogP contribution in [0.4, 0.5) is 0 Å². The molecule has 0 aromatic rings. The molecule has 0 heterocycles. The van der Waals surface area contributed by atoms with Gasteiger partial charge >= 0.3 is 0 Å². The van der Waals surface area contributed by atoms with Gasteiger partial charge in [0.1, 0.15) is 0 Å². The fourth-order valence-corrected chi connectivity index (χ4v) is 0. The van der Waals surface area contributed by atoms with E-state index >= 15 is 0 Å². The molecule has 5 radical (unpaired) electrons. The van der Waals surface area contributed by atoms with E-state index in [1.807, 2.05) is 0 Å². The monoisotopic (exact) mass is 465 g/mol. The van der Waals surface area contributed by atoms with E-state index in [0.29, 0.717) is 0 Å². The van der Waals surface area contributed by atoms with Crippen LogP contribution < -0.4 is 0 Å². The van der Waals surface area contributed by atoms with E-state index in [2.05, 4.69) is 0 Å². The van der Waals surface area contributed by atoms with Crippen LogP contribution in [0.25, 0.3) is 0 Å². The molecule has 0 fully saturated rings. The number of hydrogen-bond donors (Lipinski definition) is 0. The van der Waals surface area contributed by atoms with Crippen molar-refractivity contribution in [3.8, 4) is 0 Å². The van der Waals surface area contributed by atoms with Gasteiger partial charge in [0, 0.05) is 112 Å². The number of rotatable bonds is 0. The molecule has 0 saturated heterocycles. The predicted octanol–water partition coefficient (Wildman–Crippen LogP) is -0.0125. The Labute approximate surface area is 110 Å². The Morgan fingerprint density at radius 1 is 0.200 bits per heavy atom. The maximum absolute atomic E-state index is 0. The SMILES string of the molecule is [Nb].[Nb].[Nb].[Nb].[Nb]. The molecule has 0 saturated carbocycles. The first-order valence-electron chi connectivity index (χ1n) is 0. The molecule has 5 heavy (non-hydrogen) atoms. The van der Waals surface area contributed by atoms with E-state index in [1.54, 1.807) is 0 Å². The first-order valence-corrected chi connectivity index (χ1v) is 0. The van der Waals surface area contributed by atoms with E-state index in [4.69, 9.17) is 0 Å². The Kier molecular flexibility index (Phi) is 190. The Morgan fingerprint density at radius 2 is 0.200 bits per heavy atom. The summed E-state index contributed by atoms with van der Waals surface area (Å²) in [7, 11) is 0. The van der Waals surface area contributed by atoms with Gasteiger partial charge in [0.2, 0.25) is 0 Å². The molecule has 25 valence electrons. The third-order valence-electron chi connectivity index (χ3n) is 0. The Hall–Kier alpha value is 3.70. The predicted molar refractivity (Wildman–Crippen MR) is 0 cm³/mol. The van der Waals surface area contributed by atoms with Crippen molar-refractivity contribution in [2.75, 3.05) is 0 Å². The summed E-state index contributed by atoms with van der Waals surface area (Å²) in [5, 5.41) is 0. The van der Waals surface area contributed by atoms with Crippen molar-refractivity contribution in [2.45, 2.75) is 0 Å². The van der Waals surface area contributed by atoms with E-state index in [-0.39, 0.29) is 112 Å². The molecule has 0 nitrogen and oxygen atoms in total. The zero-order valence-corrected chi connectivity index (χ0v) is 13.2. The summed E-state index contributed by atoms with van der Waals surface area (Å²) in [5.41, 5.74) is 0. The van der Waals surface area contributed by atoms with Gasteiger partial charge in [-0.1, -0.05) is 0 Å². The van der Waals surface area contributed by atoms with Crippen LogP contribution in [0.2, 0.25) is 0 Å². The van der Waals surface area contributed by atoms with Crippen LogP contribution in [0.15, 0.2) is 0 Å². The van der Waals surface area contributed by atoms with Gasteiger partial charge in [-0.3, -0.25) is 0 Å². The average molecular weight is 465 g/mol. The zero-order chi connectivity index (χ0) is 0. The molecule has 0 aliphatic carbocycles. The second kappa shape index (κ2) is 25.2. The maximum Gasteiger partial charge on any atom is 0 e. The topological polar surface area (TPSA) is 0 Å². The van der Waals surface area contributed by atoms with Crippen LogP contribution in [-0.2, 0) is 112 Å². The minimum atomic E-state index is 0. The fourth-order valence-electron chi connectivity index (χ4n) is 0. The quantitative estimate of drug-likeness (QED) is 0.443. The maximum atomic E-state index is 0. The zero-order valence-electron chi connectivity index (χ0n) is 2.24. The van der Waals surface area contributed by atoms with Crippen LogP contribution in [0.1, 0.15) is 0 Å². The summed E-state index contributed by atoms with van der Waals surface area (Å²) < 4.78 is 0. The molecule has 0 amide bonds. The van der Waals surface area contributed by atoms with Crippen molar-refractivity contribution in [2.24, 2.45) is 0 Å². The van der Waals surface area contributed by atoms with Crippen LogP contribution >= 0.6 is 0 Å². The third-order valence-corrected chi connectivity index (χ3v) is 0. The molecule has 0 aromatic heterocycles. The van der Waals surface area contributed by atoms with Crippen molar-refractivity contribution in [3.63, 3.8) is 0 Å². The normalized spacial score (nSPS) is 0. The molecule has 0 atom stereocenters.